The summed E-state index contributed by atoms with van der Waals surface area (Å²) in [6.45, 7) is 0. The van der Waals surface area contributed by atoms with Gasteiger partial charge in [0.05, 0.1) is 0 Å². The fourth-order valence-electron chi connectivity index (χ4n) is 2.69. The molecule has 0 amide bonds. The predicted octanol–water partition coefficient (Wildman–Crippen LogP) is 3.16. The highest BCUT2D eigenvalue weighted by Crippen LogP contribution is 2.20. The van der Waals surface area contributed by atoms with E-state index in [0.29, 0.717) is 12.2 Å². The second-order valence-corrected chi connectivity index (χ2v) is 6.20. The van der Waals surface area contributed by atoms with Gasteiger partial charge in [-0.15, -0.1) is 0 Å². The van der Waals surface area contributed by atoms with Gasteiger partial charge in [-0.2, -0.15) is 0 Å². The summed E-state index contributed by atoms with van der Waals surface area (Å²) >= 11 is 9.26. The molecule has 0 spiro atoms. The van der Waals surface area contributed by atoms with Gasteiger partial charge in [0.15, 0.2) is 0 Å². The monoisotopic (exact) mass is 318 g/mol. The zero-order valence-electron chi connectivity index (χ0n) is 12.0. The summed E-state index contributed by atoms with van der Waals surface area (Å²) in [6.07, 6.45) is 12.8. The third-order valence-electron chi connectivity index (χ3n) is 3.67. The molecule has 0 radical (unpaired) electrons. The Morgan fingerprint density at radius 1 is 0.650 bits per heavy atom. The van der Waals surface area contributed by atoms with Crippen LogP contribution >= 0.6 is 24.4 Å². The number of ether oxygens (including phenoxy) is 2. The molecular weight excluding hydrogens is 292 g/mol. The molecule has 6 heteroatoms. The summed E-state index contributed by atoms with van der Waals surface area (Å²) in [5, 5.41) is 0.402. The minimum atomic E-state index is 0.201. The highest BCUT2D eigenvalue weighted by Gasteiger charge is 2.15. The van der Waals surface area contributed by atoms with E-state index in [1.807, 2.05) is 0 Å². The van der Waals surface area contributed by atoms with Gasteiger partial charge in [0.2, 0.25) is 0 Å². The van der Waals surface area contributed by atoms with Crippen LogP contribution in [0.25, 0.3) is 0 Å². The van der Waals surface area contributed by atoms with Gasteiger partial charge in [0, 0.05) is 0 Å². The van der Waals surface area contributed by atoms with E-state index in [4.69, 9.17) is 20.9 Å². The first-order chi connectivity index (χ1) is 9.58. The van der Waals surface area contributed by atoms with Crippen LogP contribution in [0.4, 0.5) is 0 Å². The Kier molecular flexibility index (Phi) is 8.85. The van der Waals surface area contributed by atoms with E-state index in [1.165, 1.54) is 38.5 Å². The van der Waals surface area contributed by atoms with Crippen LogP contribution in [-0.4, -0.2) is 22.6 Å². The summed E-state index contributed by atoms with van der Waals surface area (Å²) in [6, 6.07) is 0. The molecule has 4 nitrogen and oxygen atoms in total. The molecule has 4 N–H and O–H groups in total. The van der Waals surface area contributed by atoms with Crippen molar-refractivity contribution in [3.05, 3.63) is 0 Å². The molecule has 0 aromatic rings. The highest BCUT2D eigenvalue weighted by molar-refractivity contribution is 7.80. The van der Waals surface area contributed by atoms with E-state index in [0.717, 1.165) is 25.7 Å². The topological polar surface area (TPSA) is 70.5 Å². The summed E-state index contributed by atoms with van der Waals surface area (Å²) in [4.78, 5) is 0. The molecule has 0 aliphatic heterocycles. The van der Waals surface area contributed by atoms with Crippen LogP contribution in [0.3, 0.4) is 0 Å². The average molecular weight is 319 g/mol. The number of hydrogen-bond acceptors (Lipinski definition) is 4. The Balaban J connectivity index is 0.000000200. The minimum absolute atomic E-state index is 0.201. The van der Waals surface area contributed by atoms with Gasteiger partial charge in [-0.1, -0.05) is 12.8 Å². The summed E-state index contributed by atoms with van der Waals surface area (Å²) < 4.78 is 10.4. The van der Waals surface area contributed by atoms with Gasteiger partial charge in [0.25, 0.3) is 10.3 Å². The van der Waals surface area contributed by atoms with Crippen LogP contribution in [0.2, 0.25) is 0 Å². The number of nitrogens with two attached hydrogens (primary N) is 2. The first-order valence-electron chi connectivity index (χ1n) is 7.50. The molecule has 0 atom stereocenters. The van der Waals surface area contributed by atoms with Gasteiger partial charge in [-0.05, 0) is 75.8 Å². The molecule has 0 unspecified atom stereocenters. The zero-order valence-corrected chi connectivity index (χ0v) is 13.6. The van der Waals surface area contributed by atoms with Crippen molar-refractivity contribution in [3.63, 3.8) is 0 Å². The molecule has 2 fully saturated rings. The molecule has 2 aliphatic rings. The maximum atomic E-state index is 5.23. The highest BCUT2D eigenvalue weighted by atomic mass is 32.1. The third-order valence-corrected chi connectivity index (χ3v) is 3.86. The predicted molar refractivity (Wildman–Crippen MR) is 89.5 cm³/mol. The lowest BCUT2D eigenvalue weighted by Crippen LogP contribution is -2.24. The molecule has 0 bridgehead atoms. The molecular formula is C14H26N2O2S2. The Bertz CT molecular complexity index is 272. The van der Waals surface area contributed by atoms with Crippen LogP contribution < -0.4 is 11.5 Å². The van der Waals surface area contributed by atoms with Crippen molar-refractivity contribution >= 4 is 34.8 Å². The van der Waals surface area contributed by atoms with Gasteiger partial charge in [-0.25, -0.2) is 0 Å². The second-order valence-electron chi connectivity index (χ2n) is 5.39. The van der Waals surface area contributed by atoms with Crippen molar-refractivity contribution in [2.75, 3.05) is 0 Å². The zero-order chi connectivity index (χ0) is 14.8. The lowest BCUT2D eigenvalue weighted by molar-refractivity contribution is 0.145. The van der Waals surface area contributed by atoms with Crippen molar-refractivity contribution in [3.8, 4) is 0 Å². The standard InChI is InChI=1S/2C7H13NOS/c2*8-7(10)9-6-4-2-1-3-5-6/h2*6H,1-5H2,(H2,8,10). The van der Waals surface area contributed by atoms with Crippen molar-refractivity contribution in [2.24, 2.45) is 11.5 Å². The first kappa shape index (κ1) is 17.4. The van der Waals surface area contributed by atoms with E-state index in [-0.39, 0.29) is 10.3 Å². The largest absolute Gasteiger partial charge is 0.468 e. The Morgan fingerprint density at radius 3 is 1.20 bits per heavy atom. The molecule has 0 aromatic heterocycles. The lowest BCUT2D eigenvalue weighted by atomic mass is 9.98. The molecule has 0 saturated heterocycles. The number of thiocarbonyl (C=S) groups is 2. The minimum Gasteiger partial charge on any atom is -0.468 e. The van der Waals surface area contributed by atoms with E-state index in [2.05, 4.69) is 24.4 Å². The van der Waals surface area contributed by atoms with Crippen molar-refractivity contribution in [1.29, 1.82) is 0 Å². The Morgan fingerprint density at radius 2 is 0.950 bits per heavy atom. The molecule has 2 saturated carbocycles. The van der Waals surface area contributed by atoms with Crippen LogP contribution in [0.5, 0.6) is 0 Å². The first-order valence-corrected chi connectivity index (χ1v) is 8.31. The molecule has 0 aromatic carbocycles. The number of rotatable bonds is 2. The summed E-state index contributed by atoms with van der Waals surface area (Å²) in [5.74, 6) is 0. The van der Waals surface area contributed by atoms with Crippen molar-refractivity contribution in [1.82, 2.24) is 0 Å². The fraction of sp³-hybridized carbons (Fsp3) is 0.857. The van der Waals surface area contributed by atoms with Crippen molar-refractivity contribution < 1.29 is 9.47 Å². The maximum absolute atomic E-state index is 5.23. The fourth-order valence-corrected chi connectivity index (χ4v) is 2.97. The molecule has 116 valence electrons. The summed E-state index contributed by atoms with van der Waals surface area (Å²) in [5.41, 5.74) is 10.5. The van der Waals surface area contributed by atoms with Crippen LogP contribution in [0.15, 0.2) is 0 Å². The maximum Gasteiger partial charge on any atom is 0.254 e. The van der Waals surface area contributed by atoms with E-state index in [1.54, 1.807) is 0 Å². The molecule has 2 aliphatic carbocycles. The van der Waals surface area contributed by atoms with E-state index < -0.39 is 0 Å². The molecule has 0 heterocycles. The van der Waals surface area contributed by atoms with Gasteiger partial charge in [-0.3, -0.25) is 0 Å². The summed E-state index contributed by atoms with van der Waals surface area (Å²) in [7, 11) is 0. The van der Waals surface area contributed by atoms with Crippen molar-refractivity contribution in [2.45, 2.75) is 76.4 Å². The smallest absolute Gasteiger partial charge is 0.254 e. The average Bonchev–Trinajstić information content (AvgIpc) is 2.40. The SMILES string of the molecule is NC(=S)OC1CCCCC1.NC(=S)OC1CCCCC1. The quantitative estimate of drug-likeness (QED) is 0.762. The Hall–Kier alpha value is -0.620. The second kappa shape index (κ2) is 10.2. The van der Waals surface area contributed by atoms with E-state index >= 15 is 0 Å². The Labute approximate surface area is 132 Å². The van der Waals surface area contributed by atoms with Gasteiger partial charge >= 0.3 is 0 Å². The third kappa shape index (κ3) is 8.53. The van der Waals surface area contributed by atoms with E-state index in [9.17, 15) is 0 Å². The lowest BCUT2D eigenvalue weighted by Gasteiger charge is -2.21. The van der Waals surface area contributed by atoms with Crippen LogP contribution in [0.1, 0.15) is 64.2 Å². The van der Waals surface area contributed by atoms with Crippen LogP contribution in [-0.2, 0) is 9.47 Å². The van der Waals surface area contributed by atoms with Crippen LogP contribution in [0, 0.1) is 0 Å². The number of hydrogen-bond donors (Lipinski definition) is 2. The molecule has 2 rings (SSSR count). The van der Waals surface area contributed by atoms with Gasteiger partial charge < -0.3 is 20.9 Å². The molecule has 20 heavy (non-hydrogen) atoms. The van der Waals surface area contributed by atoms with Gasteiger partial charge in [0.1, 0.15) is 12.2 Å². The normalized spacial score (nSPS) is 20.4.